The van der Waals surface area contributed by atoms with Crippen LogP contribution >= 0.6 is 0 Å². The average molecular weight is 361 g/mol. The minimum Gasteiger partial charge on any atom is -0.461 e. The maximum absolute atomic E-state index is 12.2. The van der Waals surface area contributed by atoms with Gasteiger partial charge < -0.3 is 25.1 Å². The first-order valence-corrected chi connectivity index (χ1v) is 8.24. The minimum atomic E-state index is -0.613. The molecule has 26 heavy (non-hydrogen) atoms. The molecule has 2 rings (SSSR count). The Balaban J connectivity index is 1.97. The summed E-state index contributed by atoms with van der Waals surface area (Å²) < 4.78 is 10.0. The lowest BCUT2D eigenvalue weighted by molar-refractivity contribution is 0.0510. The molecule has 0 fully saturated rings. The molecule has 0 saturated heterocycles. The molecule has 8 nitrogen and oxygen atoms in total. The fraction of sp³-hybridized carbons (Fsp3) is 0.389. The fourth-order valence-electron chi connectivity index (χ4n) is 2.21. The molecular formula is C18H23N3O5. The molecule has 0 aliphatic heterocycles. The SMILES string of the molecule is CCOC(=O)c1cc2cc(C(=O)NCNC(=O)OC(C)(C)C)ccc2[nH]1. The Labute approximate surface area is 151 Å². The Morgan fingerprint density at radius 3 is 2.50 bits per heavy atom. The van der Waals surface area contributed by atoms with E-state index in [2.05, 4.69) is 15.6 Å². The summed E-state index contributed by atoms with van der Waals surface area (Å²) >= 11 is 0. The number of nitrogens with one attached hydrogen (secondary N) is 3. The van der Waals surface area contributed by atoms with Gasteiger partial charge in [-0.15, -0.1) is 0 Å². The molecule has 0 radical (unpaired) electrons. The normalized spacial score (nSPS) is 11.1. The van der Waals surface area contributed by atoms with E-state index in [1.54, 1.807) is 52.0 Å². The number of alkyl carbamates (subject to hydrolysis) is 1. The molecule has 1 aromatic heterocycles. The fourth-order valence-corrected chi connectivity index (χ4v) is 2.21. The zero-order valence-electron chi connectivity index (χ0n) is 15.3. The van der Waals surface area contributed by atoms with Crippen molar-refractivity contribution in [3.63, 3.8) is 0 Å². The molecule has 0 atom stereocenters. The molecule has 2 amide bonds. The number of ether oxygens (including phenoxy) is 2. The quantitative estimate of drug-likeness (QED) is 0.560. The van der Waals surface area contributed by atoms with Gasteiger partial charge in [-0.2, -0.15) is 0 Å². The molecule has 3 N–H and O–H groups in total. The van der Waals surface area contributed by atoms with Crippen LogP contribution in [0.5, 0.6) is 0 Å². The Morgan fingerprint density at radius 2 is 1.85 bits per heavy atom. The van der Waals surface area contributed by atoms with Gasteiger partial charge in [0.25, 0.3) is 5.91 Å². The van der Waals surface area contributed by atoms with Crippen LogP contribution in [-0.4, -0.2) is 41.8 Å². The summed E-state index contributed by atoms with van der Waals surface area (Å²) in [5.74, 6) is -0.807. The van der Waals surface area contributed by atoms with Crippen molar-refractivity contribution < 1.29 is 23.9 Å². The lowest BCUT2D eigenvalue weighted by Gasteiger charge is -2.19. The molecule has 140 valence electrons. The zero-order valence-corrected chi connectivity index (χ0v) is 15.3. The summed E-state index contributed by atoms with van der Waals surface area (Å²) in [5.41, 5.74) is 0.838. The van der Waals surface area contributed by atoms with Crippen molar-refractivity contribution in [3.05, 3.63) is 35.5 Å². The second kappa shape index (κ2) is 7.90. The number of carbonyl (C=O) groups is 3. The number of fused-ring (bicyclic) bond motifs is 1. The lowest BCUT2D eigenvalue weighted by atomic mass is 10.1. The van der Waals surface area contributed by atoms with Crippen molar-refractivity contribution in [1.82, 2.24) is 15.6 Å². The van der Waals surface area contributed by atoms with Crippen LogP contribution in [0.2, 0.25) is 0 Å². The third-order valence-electron chi connectivity index (χ3n) is 3.26. The van der Waals surface area contributed by atoms with E-state index in [0.717, 1.165) is 5.52 Å². The van der Waals surface area contributed by atoms with Gasteiger partial charge >= 0.3 is 12.1 Å². The monoisotopic (exact) mass is 361 g/mol. The summed E-state index contributed by atoms with van der Waals surface area (Å²) in [6.45, 7) is 7.21. The van der Waals surface area contributed by atoms with E-state index in [1.807, 2.05) is 0 Å². The van der Waals surface area contributed by atoms with Gasteiger partial charge in [-0.05, 0) is 52.0 Å². The van der Waals surface area contributed by atoms with Crippen LogP contribution in [0.4, 0.5) is 4.79 Å². The number of hydrogen-bond acceptors (Lipinski definition) is 5. The topological polar surface area (TPSA) is 110 Å². The van der Waals surface area contributed by atoms with Gasteiger partial charge in [-0.1, -0.05) is 0 Å². The van der Waals surface area contributed by atoms with E-state index in [9.17, 15) is 14.4 Å². The van der Waals surface area contributed by atoms with Crippen LogP contribution in [0.1, 0.15) is 48.5 Å². The highest BCUT2D eigenvalue weighted by atomic mass is 16.6. The standard InChI is InChI=1S/C18H23N3O5/c1-5-25-16(23)14-9-12-8-11(6-7-13(12)21-14)15(22)19-10-20-17(24)26-18(2,3)4/h6-9,21H,5,10H2,1-4H3,(H,19,22)(H,20,24). The summed E-state index contributed by atoms with van der Waals surface area (Å²) in [6.07, 6.45) is -0.613. The Hall–Kier alpha value is -3.03. The molecule has 0 aliphatic rings. The van der Waals surface area contributed by atoms with E-state index in [4.69, 9.17) is 9.47 Å². The van der Waals surface area contributed by atoms with Gasteiger partial charge in [0, 0.05) is 16.5 Å². The van der Waals surface area contributed by atoms with E-state index >= 15 is 0 Å². The molecule has 0 aliphatic carbocycles. The average Bonchev–Trinajstić information content (AvgIpc) is 2.96. The van der Waals surface area contributed by atoms with Crippen molar-refractivity contribution in [2.45, 2.75) is 33.3 Å². The van der Waals surface area contributed by atoms with Crippen molar-refractivity contribution in [1.29, 1.82) is 0 Å². The van der Waals surface area contributed by atoms with Crippen molar-refractivity contribution >= 4 is 28.9 Å². The van der Waals surface area contributed by atoms with Crippen LogP contribution in [0.25, 0.3) is 10.9 Å². The molecule has 1 heterocycles. The second-order valence-electron chi connectivity index (χ2n) is 6.57. The van der Waals surface area contributed by atoms with Gasteiger partial charge in [0.1, 0.15) is 11.3 Å². The van der Waals surface area contributed by atoms with Crippen molar-refractivity contribution in [2.75, 3.05) is 13.3 Å². The smallest absolute Gasteiger partial charge is 0.409 e. The third kappa shape index (κ3) is 5.23. The summed E-state index contributed by atoms with van der Waals surface area (Å²) in [4.78, 5) is 38.4. The van der Waals surface area contributed by atoms with Crippen LogP contribution < -0.4 is 10.6 Å². The maximum Gasteiger partial charge on any atom is 0.409 e. The minimum absolute atomic E-state index is 0.0625. The van der Waals surface area contributed by atoms with Crippen LogP contribution in [0, 0.1) is 0 Å². The van der Waals surface area contributed by atoms with E-state index < -0.39 is 17.7 Å². The predicted molar refractivity (Wildman–Crippen MR) is 96.0 cm³/mol. The van der Waals surface area contributed by atoms with Gasteiger partial charge in [-0.3, -0.25) is 4.79 Å². The van der Waals surface area contributed by atoms with Crippen LogP contribution in [0.15, 0.2) is 24.3 Å². The first-order valence-electron chi connectivity index (χ1n) is 8.24. The molecule has 0 spiro atoms. The number of aromatic nitrogens is 1. The van der Waals surface area contributed by atoms with E-state index in [0.29, 0.717) is 16.6 Å². The van der Waals surface area contributed by atoms with E-state index in [-0.39, 0.29) is 19.2 Å². The van der Waals surface area contributed by atoms with Gasteiger partial charge in [-0.25, -0.2) is 9.59 Å². The molecule has 0 saturated carbocycles. The highest BCUT2D eigenvalue weighted by Gasteiger charge is 2.16. The summed E-state index contributed by atoms with van der Waals surface area (Å²) in [7, 11) is 0. The lowest BCUT2D eigenvalue weighted by Crippen LogP contribution is -2.40. The Kier molecular flexibility index (Phi) is 5.86. The molecule has 0 unspecified atom stereocenters. The molecule has 2 aromatic rings. The van der Waals surface area contributed by atoms with Crippen LogP contribution in [-0.2, 0) is 9.47 Å². The maximum atomic E-state index is 12.2. The highest BCUT2D eigenvalue weighted by Crippen LogP contribution is 2.18. The first kappa shape index (κ1) is 19.3. The largest absolute Gasteiger partial charge is 0.461 e. The molecule has 0 bridgehead atoms. The second-order valence-corrected chi connectivity index (χ2v) is 6.57. The molecular weight excluding hydrogens is 338 g/mol. The number of carbonyl (C=O) groups excluding carboxylic acids is 3. The van der Waals surface area contributed by atoms with Gasteiger partial charge in [0.15, 0.2) is 0 Å². The highest BCUT2D eigenvalue weighted by molar-refractivity contribution is 6.00. The number of amides is 2. The summed E-state index contributed by atoms with van der Waals surface area (Å²) in [6, 6.07) is 6.60. The number of H-pyrrole nitrogens is 1. The zero-order chi connectivity index (χ0) is 19.3. The number of benzene rings is 1. The first-order chi connectivity index (χ1) is 12.2. The molecule has 1 aromatic carbocycles. The Bertz CT molecular complexity index is 820. The number of esters is 1. The summed E-state index contributed by atoms with van der Waals surface area (Å²) in [5, 5.41) is 5.74. The van der Waals surface area contributed by atoms with Gasteiger partial charge in [0.2, 0.25) is 0 Å². The predicted octanol–water partition coefficient (Wildman–Crippen LogP) is 2.56. The number of hydrogen-bond donors (Lipinski definition) is 3. The van der Waals surface area contributed by atoms with Crippen LogP contribution in [0.3, 0.4) is 0 Å². The van der Waals surface area contributed by atoms with Crippen molar-refractivity contribution in [3.8, 4) is 0 Å². The number of rotatable bonds is 5. The Morgan fingerprint density at radius 1 is 1.12 bits per heavy atom. The molecule has 8 heteroatoms. The third-order valence-corrected chi connectivity index (χ3v) is 3.26. The van der Waals surface area contributed by atoms with Gasteiger partial charge in [0.05, 0.1) is 13.3 Å². The number of aromatic amines is 1. The van der Waals surface area contributed by atoms with E-state index in [1.165, 1.54) is 0 Å². The van der Waals surface area contributed by atoms with Crippen molar-refractivity contribution in [2.24, 2.45) is 0 Å².